The number of carboxylic acids is 1. The number of hydrogen-bond donors (Lipinski definition) is 1. The molecule has 1 N–H and O–H groups in total. The zero-order valence-electron chi connectivity index (χ0n) is 10.4. The van der Waals surface area contributed by atoms with Gasteiger partial charge in [-0.25, -0.2) is 4.79 Å². The molecule has 2 aromatic heterocycles. The van der Waals surface area contributed by atoms with E-state index in [4.69, 9.17) is 5.11 Å². The first-order chi connectivity index (χ1) is 9.66. The van der Waals surface area contributed by atoms with Gasteiger partial charge in [0.15, 0.2) is 0 Å². The smallest absolute Gasteiger partial charge is 0.337 e. The van der Waals surface area contributed by atoms with Crippen LogP contribution in [-0.2, 0) is 0 Å². The first-order valence-corrected chi connectivity index (χ1v) is 5.97. The maximum Gasteiger partial charge on any atom is 0.337 e. The normalized spacial score (nSPS) is 10.6. The van der Waals surface area contributed by atoms with Crippen LogP contribution < -0.4 is 5.56 Å². The number of aromatic nitrogens is 2. The molecular formula is C15H10N2O3. The van der Waals surface area contributed by atoms with E-state index in [2.05, 4.69) is 4.98 Å². The lowest BCUT2D eigenvalue weighted by Gasteiger charge is -2.09. The van der Waals surface area contributed by atoms with Crippen LogP contribution >= 0.6 is 0 Å². The van der Waals surface area contributed by atoms with Crippen molar-refractivity contribution in [3.63, 3.8) is 0 Å². The van der Waals surface area contributed by atoms with E-state index in [-0.39, 0.29) is 11.1 Å². The van der Waals surface area contributed by atoms with E-state index in [0.29, 0.717) is 11.2 Å². The van der Waals surface area contributed by atoms with Gasteiger partial charge in [-0.3, -0.25) is 14.3 Å². The van der Waals surface area contributed by atoms with Crippen molar-refractivity contribution in [2.45, 2.75) is 0 Å². The molecule has 98 valence electrons. The van der Waals surface area contributed by atoms with Crippen LogP contribution in [0, 0.1) is 0 Å². The van der Waals surface area contributed by atoms with Gasteiger partial charge in [0.05, 0.1) is 16.8 Å². The molecule has 0 aliphatic heterocycles. The average Bonchev–Trinajstić information content (AvgIpc) is 2.47. The van der Waals surface area contributed by atoms with Crippen molar-refractivity contribution in [1.29, 1.82) is 0 Å². The fraction of sp³-hybridized carbons (Fsp3) is 0. The summed E-state index contributed by atoms with van der Waals surface area (Å²) in [6.45, 7) is 0. The van der Waals surface area contributed by atoms with Gasteiger partial charge in [0.2, 0.25) is 0 Å². The van der Waals surface area contributed by atoms with Crippen LogP contribution in [0.1, 0.15) is 10.4 Å². The molecular weight excluding hydrogens is 256 g/mol. The van der Waals surface area contributed by atoms with Crippen LogP contribution in [0.5, 0.6) is 0 Å². The van der Waals surface area contributed by atoms with E-state index in [9.17, 15) is 9.59 Å². The minimum atomic E-state index is -1.08. The highest BCUT2D eigenvalue weighted by molar-refractivity contribution is 5.88. The summed E-state index contributed by atoms with van der Waals surface area (Å²) in [5.41, 5.74) is 0.974. The summed E-state index contributed by atoms with van der Waals surface area (Å²) >= 11 is 0. The molecule has 0 saturated carbocycles. The molecule has 0 fully saturated rings. The van der Waals surface area contributed by atoms with E-state index in [0.717, 1.165) is 5.39 Å². The van der Waals surface area contributed by atoms with E-state index in [1.807, 2.05) is 18.2 Å². The number of carbonyl (C=O) groups is 1. The van der Waals surface area contributed by atoms with Crippen molar-refractivity contribution >= 4 is 16.9 Å². The zero-order valence-corrected chi connectivity index (χ0v) is 10.4. The van der Waals surface area contributed by atoms with E-state index in [1.54, 1.807) is 18.3 Å². The molecule has 0 aliphatic carbocycles. The van der Waals surface area contributed by atoms with Crippen LogP contribution in [-0.4, -0.2) is 20.6 Å². The first-order valence-electron chi connectivity index (χ1n) is 5.97. The molecule has 5 heteroatoms. The van der Waals surface area contributed by atoms with Gasteiger partial charge < -0.3 is 5.11 Å². The highest BCUT2D eigenvalue weighted by Gasteiger charge is 2.09. The summed E-state index contributed by atoms with van der Waals surface area (Å²) in [5, 5.41) is 9.92. The summed E-state index contributed by atoms with van der Waals surface area (Å²) in [4.78, 5) is 27.3. The van der Waals surface area contributed by atoms with Crippen molar-refractivity contribution in [2.24, 2.45) is 0 Å². The lowest BCUT2D eigenvalue weighted by Crippen LogP contribution is -2.18. The number of para-hydroxylation sites is 1. The van der Waals surface area contributed by atoms with Gasteiger partial charge in [0.1, 0.15) is 0 Å². The number of nitrogens with zero attached hydrogens (tertiary/aromatic N) is 2. The van der Waals surface area contributed by atoms with Gasteiger partial charge in [-0.05, 0) is 18.2 Å². The largest absolute Gasteiger partial charge is 0.478 e. The summed E-state index contributed by atoms with van der Waals surface area (Å²) in [5.74, 6) is -1.08. The Kier molecular flexibility index (Phi) is 2.80. The van der Waals surface area contributed by atoms with Gasteiger partial charge in [0, 0.05) is 23.8 Å². The quantitative estimate of drug-likeness (QED) is 0.770. The lowest BCUT2D eigenvalue weighted by molar-refractivity contribution is 0.0696. The number of carboxylic acid groups (broad SMARTS) is 1. The average molecular weight is 266 g/mol. The first kappa shape index (κ1) is 12.1. The highest BCUT2D eigenvalue weighted by Crippen LogP contribution is 2.18. The molecule has 0 amide bonds. The second-order valence-electron chi connectivity index (χ2n) is 4.28. The summed E-state index contributed by atoms with van der Waals surface area (Å²) in [6.07, 6.45) is 2.95. The molecule has 20 heavy (non-hydrogen) atoms. The van der Waals surface area contributed by atoms with Crippen molar-refractivity contribution < 1.29 is 9.90 Å². The Bertz CT molecular complexity index is 863. The Morgan fingerprint density at radius 3 is 2.70 bits per heavy atom. The minimum Gasteiger partial charge on any atom is -0.478 e. The third kappa shape index (κ3) is 1.95. The predicted octanol–water partition coefficient (Wildman–Crippen LogP) is 2.08. The van der Waals surface area contributed by atoms with Crippen molar-refractivity contribution in [3.05, 3.63) is 70.8 Å². The Labute approximate surface area is 113 Å². The Balaban J connectivity index is 2.33. The fourth-order valence-electron chi connectivity index (χ4n) is 2.08. The van der Waals surface area contributed by atoms with Crippen LogP contribution in [0.15, 0.2) is 59.7 Å². The van der Waals surface area contributed by atoms with Crippen LogP contribution in [0.4, 0.5) is 0 Å². The Morgan fingerprint density at radius 2 is 1.90 bits per heavy atom. The summed E-state index contributed by atoms with van der Waals surface area (Å²) < 4.78 is 1.30. The van der Waals surface area contributed by atoms with Crippen molar-refractivity contribution in [2.75, 3.05) is 0 Å². The summed E-state index contributed by atoms with van der Waals surface area (Å²) in [7, 11) is 0. The van der Waals surface area contributed by atoms with E-state index < -0.39 is 5.97 Å². The maximum atomic E-state index is 12.0. The van der Waals surface area contributed by atoms with Gasteiger partial charge in [-0.1, -0.05) is 18.2 Å². The number of rotatable bonds is 2. The van der Waals surface area contributed by atoms with Crippen molar-refractivity contribution in [1.82, 2.24) is 9.55 Å². The number of hydrogen-bond acceptors (Lipinski definition) is 3. The molecule has 0 unspecified atom stereocenters. The number of benzene rings is 1. The fourth-order valence-corrected chi connectivity index (χ4v) is 2.08. The lowest BCUT2D eigenvalue weighted by atomic mass is 10.2. The maximum absolute atomic E-state index is 12.0. The number of aromatic carboxylic acids is 1. The highest BCUT2D eigenvalue weighted by atomic mass is 16.4. The zero-order chi connectivity index (χ0) is 14.1. The van der Waals surface area contributed by atoms with Gasteiger partial charge in [-0.15, -0.1) is 0 Å². The molecule has 0 saturated heterocycles. The Morgan fingerprint density at radius 1 is 1.10 bits per heavy atom. The molecule has 5 nitrogen and oxygen atoms in total. The molecule has 2 heterocycles. The van der Waals surface area contributed by atoms with Gasteiger partial charge in [-0.2, -0.15) is 0 Å². The third-order valence-corrected chi connectivity index (χ3v) is 3.03. The molecule has 0 spiro atoms. The third-order valence-electron chi connectivity index (χ3n) is 3.03. The molecule has 0 radical (unpaired) electrons. The standard InChI is InChI=1S/C15H10N2O3/c18-13-7-6-11(15(19)20)9-17(13)12-5-1-3-10-4-2-8-16-14(10)12/h1-9H,(H,19,20). The second kappa shape index (κ2) is 4.62. The second-order valence-corrected chi connectivity index (χ2v) is 4.28. The van der Waals surface area contributed by atoms with Crippen LogP contribution in [0.3, 0.4) is 0 Å². The molecule has 0 atom stereocenters. The molecule has 0 aliphatic rings. The number of pyridine rings is 2. The van der Waals surface area contributed by atoms with Crippen molar-refractivity contribution in [3.8, 4) is 5.69 Å². The van der Waals surface area contributed by atoms with Gasteiger partial charge in [0.25, 0.3) is 5.56 Å². The molecule has 0 bridgehead atoms. The number of fused-ring (bicyclic) bond motifs is 1. The Hall–Kier alpha value is -2.95. The van der Waals surface area contributed by atoms with Crippen LogP contribution in [0.2, 0.25) is 0 Å². The monoisotopic (exact) mass is 266 g/mol. The topological polar surface area (TPSA) is 72.2 Å². The molecule has 3 rings (SSSR count). The molecule has 1 aromatic carbocycles. The summed E-state index contributed by atoms with van der Waals surface area (Å²) in [6, 6.07) is 11.7. The van der Waals surface area contributed by atoms with Crippen LogP contribution in [0.25, 0.3) is 16.6 Å². The predicted molar refractivity (Wildman–Crippen MR) is 74.3 cm³/mol. The van der Waals surface area contributed by atoms with Gasteiger partial charge >= 0.3 is 5.97 Å². The van der Waals surface area contributed by atoms with E-state index >= 15 is 0 Å². The molecule has 3 aromatic rings. The SMILES string of the molecule is O=C(O)c1ccc(=O)n(-c2cccc3cccnc23)c1. The van der Waals surface area contributed by atoms with E-state index in [1.165, 1.54) is 22.9 Å². The minimum absolute atomic E-state index is 0.0533.